The second-order valence-electron chi connectivity index (χ2n) is 2.91. The average Bonchev–Trinajstić information content (AvgIpc) is 2.64. The molecule has 6 nitrogen and oxygen atoms in total. The van der Waals surface area contributed by atoms with Gasteiger partial charge in [0.15, 0.2) is 11.6 Å². The van der Waals surface area contributed by atoms with E-state index in [4.69, 9.17) is 5.73 Å². The van der Waals surface area contributed by atoms with E-state index in [1.54, 1.807) is 7.05 Å². The van der Waals surface area contributed by atoms with Crippen molar-refractivity contribution in [3.8, 4) is 0 Å². The van der Waals surface area contributed by atoms with Crippen LogP contribution >= 0.6 is 0 Å². The lowest BCUT2D eigenvalue weighted by Crippen LogP contribution is -2.16. The quantitative estimate of drug-likeness (QED) is 0.640. The summed E-state index contributed by atoms with van der Waals surface area (Å²) in [7, 11) is 3.72. The molecule has 0 radical (unpaired) electrons. The third kappa shape index (κ3) is 2.03. The topological polar surface area (TPSA) is 79.1 Å². The molecule has 1 aliphatic rings. The summed E-state index contributed by atoms with van der Waals surface area (Å²) in [4.78, 5) is 10.3. The van der Waals surface area contributed by atoms with Crippen molar-refractivity contribution in [1.82, 2.24) is 9.97 Å². The normalized spacial score (nSPS) is 12.4. The van der Waals surface area contributed by atoms with Crippen molar-refractivity contribution in [1.29, 1.82) is 0 Å². The first kappa shape index (κ1) is 11.4. The van der Waals surface area contributed by atoms with E-state index < -0.39 is 0 Å². The van der Waals surface area contributed by atoms with Crippen LogP contribution < -0.4 is 21.3 Å². The Labute approximate surface area is 89.9 Å². The maximum absolute atomic E-state index is 5.73. The van der Waals surface area contributed by atoms with Gasteiger partial charge in [-0.2, -0.15) is 9.97 Å². The third-order valence-corrected chi connectivity index (χ3v) is 2.00. The van der Waals surface area contributed by atoms with Gasteiger partial charge in [0.1, 0.15) is 5.69 Å². The molecule has 0 aromatic carbocycles. The monoisotopic (exact) mass is 210 g/mol. The van der Waals surface area contributed by atoms with Crippen molar-refractivity contribution >= 4 is 23.3 Å². The van der Waals surface area contributed by atoms with E-state index in [1.165, 1.54) is 0 Å². The fourth-order valence-electron chi connectivity index (χ4n) is 1.30. The molecule has 1 aliphatic heterocycles. The number of nitrogen functional groups attached to an aromatic ring is 1. The molecular formula is C9H18N6. The van der Waals surface area contributed by atoms with Crippen LogP contribution in [0.1, 0.15) is 13.8 Å². The molecule has 1 aromatic heterocycles. The van der Waals surface area contributed by atoms with Crippen molar-refractivity contribution in [3.63, 3.8) is 0 Å². The highest BCUT2D eigenvalue weighted by molar-refractivity contribution is 5.81. The lowest BCUT2D eigenvalue weighted by Gasteiger charge is -2.09. The van der Waals surface area contributed by atoms with Gasteiger partial charge < -0.3 is 21.3 Å². The summed E-state index contributed by atoms with van der Waals surface area (Å²) in [5, 5.41) is 5.98. The maximum Gasteiger partial charge on any atom is 0.226 e. The van der Waals surface area contributed by atoms with E-state index in [0.29, 0.717) is 11.8 Å². The first-order valence-corrected chi connectivity index (χ1v) is 5.02. The Hall–Kier alpha value is -1.72. The van der Waals surface area contributed by atoms with E-state index in [2.05, 4.69) is 20.6 Å². The highest BCUT2D eigenvalue weighted by atomic mass is 15.3. The van der Waals surface area contributed by atoms with Crippen molar-refractivity contribution in [2.45, 2.75) is 13.8 Å². The van der Waals surface area contributed by atoms with Crippen molar-refractivity contribution in [3.05, 3.63) is 0 Å². The Bertz CT molecular complexity index is 338. The Morgan fingerprint density at radius 3 is 2.67 bits per heavy atom. The lowest BCUT2D eigenvalue weighted by molar-refractivity contribution is 1.00. The molecule has 0 amide bonds. The number of nitrogens with one attached hydrogen (secondary N) is 2. The molecule has 0 aliphatic carbocycles. The molecule has 15 heavy (non-hydrogen) atoms. The third-order valence-electron chi connectivity index (χ3n) is 2.00. The minimum Gasteiger partial charge on any atom is -0.382 e. The summed E-state index contributed by atoms with van der Waals surface area (Å²) < 4.78 is 0. The first-order valence-electron chi connectivity index (χ1n) is 5.02. The van der Waals surface area contributed by atoms with Crippen molar-refractivity contribution < 1.29 is 0 Å². The molecule has 6 heteroatoms. The number of hydrogen-bond acceptors (Lipinski definition) is 6. The van der Waals surface area contributed by atoms with E-state index in [0.717, 1.165) is 18.2 Å². The number of anilines is 4. The van der Waals surface area contributed by atoms with Gasteiger partial charge in [0.05, 0.1) is 6.67 Å². The van der Waals surface area contributed by atoms with Gasteiger partial charge in [0, 0.05) is 14.1 Å². The van der Waals surface area contributed by atoms with Gasteiger partial charge in [-0.15, -0.1) is 0 Å². The van der Waals surface area contributed by atoms with Crippen LogP contribution in [0.4, 0.5) is 23.3 Å². The van der Waals surface area contributed by atoms with Crippen LogP contribution in [-0.4, -0.2) is 30.7 Å². The summed E-state index contributed by atoms with van der Waals surface area (Å²) in [6, 6.07) is 0. The van der Waals surface area contributed by atoms with Gasteiger partial charge >= 0.3 is 0 Å². The molecular weight excluding hydrogens is 192 g/mol. The van der Waals surface area contributed by atoms with Gasteiger partial charge in [-0.25, -0.2) is 0 Å². The van der Waals surface area contributed by atoms with E-state index in [-0.39, 0.29) is 0 Å². The zero-order chi connectivity index (χ0) is 11.4. The Morgan fingerprint density at radius 1 is 1.40 bits per heavy atom. The van der Waals surface area contributed by atoms with Crippen LogP contribution in [0, 0.1) is 0 Å². The second-order valence-corrected chi connectivity index (χ2v) is 2.91. The van der Waals surface area contributed by atoms with E-state index in [1.807, 2.05) is 25.8 Å². The zero-order valence-corrected chi connectivity index (χ0v) is 9.63. The number of nitrogens with zero attached hydrogens (tertiary/aromatic N) is 3. The number of aromatic nitrogens is 2. The van der Waals surface area contributed by atoms with Gasteiger partial charge in [0.25, 0.3) is 0 Å². The molecule has 0 bridgehead atoms. The largest absolute Gasteiger partial charge is 0.382 e. The lowest BCUT2D eigenvalue weighted by atomic mass is 10.4. The highest BCUT2D eigenvalue weighted by Gasteiger charge is 2.20. The molecule has 1 aromatic rings. The first-order chi connectivity index (χ1) is 7.22. The number of fused-ring (bicyclic) bond motifs is 1. The van der Waals surface area contributed by atoms with Crippen molar-refractivity contribution in [2.24, 2.45) is 0 Å². The summed E-state index contributed by atoms with van der Waals surface area (Å²) in [6.07, 6.45) is 0. The number of hydrogen-bond donors (Lipinski definition) is 3. The van der Waals surface area contributed by atoms with Gasteiger partial charge in [-0.1, -0.05) is 13.8 Å². The van der Waals surface area contributed by atoms with Crippen LogP contribution in [-0.2, 0) is 0 Å². The fraction of sp³-hybridized carbons (Fsp3) is 0.556. The molecule has 84 valence electrons. The molecule has 2 rings (SSSR count). The van der Waals surface area contributed by atoms with Gasteiger partial charge in [-0.3, -0.25) is 0 Å². The van der Waals surface area contributed by atoms with Crippen LogP contribution in [0.15, 0.2) is 0 Å². The Balaban J connectivity index is 0.000000531. The minimum absolute atomic E-state index is 0.485. The average molecular weight is 210 g/mol. The standard InChI is InChI=1S/C7H12N6.C2H6/c1-9-7-11-5(8)4-6(12-7)13(2)3-10-4;1-2/h10H,3H2,1-2H3,(H3,8,9,11,12);1-2H3. The van der Waals surface area contributed by atoms with Gasteiger partial charge in [0.2, 0.25) is 5.95 Å². The molecule has 2 heterocycles. The summed E-state index contributed by atoms with van der Waals surface area (Å²) in [5.41, 5.74) is 6.55. The van der Waals surface area contributed by atoms with Crippen LogP contribution in [0.3, 0.4) is 0 Å². The molecule has 0 saturated heterocycles. The van der Waals surface area contributed by atoms with E-state index >= 15 is 0 Å². The Morgan fingerprint density at radius 2 is 2.07 bits per heavy atom. The minimum atomic E-state index is 0.485. The smallest absolute Gasteiger partial charge is 0.226 e. The van der Waals surface area contributed by atoms with Crippen LogP contribution in [0.2, 0.25) is 0 Å². The van der Waals surface area contributed by atoms with Gasteiger partial charge in [-0.05, 0) is 0 Å². The molecule has 0 fully saturated rings. The Kier molecular flexibility index (Phi) is 3.54. The van der Waals surface area contributed by atoms with Crippen LogP contribution in [0.25, 0.3) is 0 Å². The molecule has 4 N–H and O–H groups in total. The van der Waals surface area contributed by atoms with Crippen molar-refractivity contribution in [2.75, 3.05) is 42.0 Å². The summed E-state index contributed by atoms with van der Waals surface area (Å²) >= 11 is 0. The molecule has 0 saturated carbocycles. The number of rotatable bonds is 1. The molecule has 0 spiro atoms. The predicted molar refractivity (Wildman–Crippen MR) is 64.2 cm³/mol. The summed E-state index contributed by atoms with van der Waals surface area (Å²) in [5.74, 6) is 1.88. The zero-order valence-electron chi connectivity index (χ0n) is 9.63. The summed E-state index contributed by atoms with van der Waals surface area (Å²) in [6.45, 7) is 4.72. The predicted octanol–water partition coefficient (Wildman–Crippen LogP) is 0.946. The second kappa shape index (κ2) is 4.68. The molecule has 0 unspecified atom stereocenters. The highest BCUT2D eigenvalue weighted by Crippen LogP contribution is 2.32. The number of nitrogens with two attached hydrogens (primary N) is 1. The SMILES string of the molecule is CC.CNc1nc(N)c2c(n1)N(C)CN2. The molecule has 0 atom stereocenters. The fourth-order valence-corrected chi connectivity index (χ4v) is 1.30. The maximum atomic E-state index is 5.73. The van der Waals surface area contributed by atoms with Crippen LogP contribution in [0.5, 0.6) is 0 Å². The van der Waals surface area contributed by atoms with E-state index in [9.17, 15) is 0 Å².